The number of carbonyl (C=O) groups excluding carboxylic acids is 1. The van der Waals surface area contributed by atoms with Crippen LogP contribution >= 0.6 is 0 Å². The van der Waals surface area contributed by atoms with Crippen LogP contribution in [0.4, 0.5) is 10.1 Å². The molecule has 1 amide bonds. The Morgan fingerprint density at radius 3 is 2.68 bits per heavy atom. The third kappa shape index (κ3) is 3.78. The van der Waals surface area contributed by atoms with Crippen molar-refractivity contribution in [1.29, 1.82) is 0 Å². The van der Waals surface area contributed by atoms with E-state index in [2.05, 4.69) is 5.32 Å². The van der Waals surface area contributed by atoms with E-state index in [-0.39, 0.29) is 24.2 Å². The van der Waals surface area contributed by atoms with E-state index in [9.17, 15) is 18.8 Å². The molecule has 0 fully saturated rings. The Morgan fingerprint density at radius 2 is 2.00 bits per heavy atom. The fourth-order valence-electron chi connectivity index (χ4n) is 1.86. The summed E-state index contributed by atoms with van der Waals surface area (Å²) in [5.74, 6) is -2.69. The molecule has 0 bridgehead atoms. The highest BCUT2D eigenvalue weighted by molar-refractivity contribution is 5.94. The van der Waals surface area contributed by atoms with Gasteiger partial charge in [-0.05, 0) is 24.3 Å². The van der Waals surface area contributed by atoms with Crippen LogP contribution in [-0.2, 0) is 11.3 Å². The Balaban J connectivity index is 2.01. The molecule has 1 aromatic heterocycles. The van der Waals surface area contributed by atoms with Crippen LogP contribution < -0.4 is 10.9 Å². The van der Waals surface area contributed by atoms with Crippen molar-refractivity contribution < 1.29 is 19.1 Å². The quantitative estimate of drug-likeness (QED) is 0.880. The molecule has 1 aromatic carbocycles. The normalized spacial score (nSPS) is 10.2. The molecule has 0 aliphatic rings. The van der Waals surface area contributed by atoms with Gasteiger partial charge in [0.05, 0.1) is 5.56 Å². The summed E-state index contributed by atoms with van der Waals surface area (Å²) in [6, 6.07) is 7.96. The van der Waals surface area contributed by atoms with Gasteiger partial charge in [0.15, 0.2) is 0 Å². The highest BCUT2D eigenvalue weighted by Gasteiger charge is 2.12. The fraction of sp³-hybridized carbons (Fsp3) is 0.133. The molecule has 0 aliphatic heterocycles. The smallest absolute Gasteiger partial charge is 0.338 e. The standard InChI is InChI=1S/C15H13FN2O4/c16-12-5-4-10(9-11(12)15(21)22)17-13(19)6-8-18-7-2-1-3-14(18)20/h1-5,7,9H,6,8H2,(H,17,19)(H,21,22). The van der Waals surface area contributed by atoms with Gasteiger partial charge in [0.1, 0.15) is 5.82 Å². The average molecular weight is 304 g/mol. The first-order chi connectivity index (χ1) is 10.5. The minimum absolute atomic E-state index is 0.0314. The lowest BCUT2D eigenvalue weighted by atomic mass is 10.2. The van der Waals surface area contributed by atoms with Crippen molar-refractivity contribution in [1.82, 2.24) is 4.57 Å². The molecule has 114 valence electrons. The van der Waals surface area contributed by atoms with Crippen molar-refractivity contribution >= 4 is 17.6 Å². The zero-order chi connectivity index (χ0) is 16.1. The number of aromatic nitrogens is 1. The van der Waals surface area contributed by atoms with Gasteiger partial charge in [0.2, 0.25) is 5.91 Å². The lowest BCUT2D eigenvalue weighted by Crippen LogP contribution is -2.21. The number of aromatic carboxylic acids is 1. The molecule has 1 heterocycles. The second-order valence-corrected chi connectivity index (χ2v) is 4.53. The topological polar surface area (TPSA) is 88.4 Å². The first-order valence-electron chi connectivity index (χ1n) is 6.45. The lowest BCUT2D eigenvalue weighted by molar-refractivity contribution is -0.116. The third-order valence-electron chi connectivity index (χ3n) is 2.96. The van der Waals surface area contributed by atoms with Gasteiger partial charge in [-0.25, -0.2) is 9.18 Å². The molecule has 0 saturated heterocycles. The number of carboxylic acid groups (broad SMARTS) is 1. The van der Waals surface area contributed by atoms with E-state index in [1.54, 1.807) is 18.3 Å². The van der Waals surface area contributed by atoms with E-state index < -0.39 is 23.3 Å². The molecule has 0 radical (unpaired) electrons. The predicted molar refractivity (Wildman–Crippen MR) is 77.3 cm³/mol. The van der Waals surface area contributed by atoms with Crippen LogP contribution in [0.5, 0.6) is 0 Å². The molecule has 0 spiro atoms. The molecular weight excluding hydrogens is 291 g/mol. The van der Waals surface area contributed by atoms with Crippen LogP contribution in [0.1, 0.15) is 16.8 Å². The number of benzene rings is 1. The number of amides is 1. The van der Waals surface area contributed by atoms with E-state index >= 15 is 0 Å². The SMILES string of the molecule is O=C(CCn1ccccc1=O)Nc1ccc(F)c(C(=O)O)c1. The number of hydrogen-bond acceptors (Lipinski definition) is 3. The maximum atomic E-state index is 13.2. The molecule has 0 unspecified atom stereocenters. The van der Waals surface area contributed by atoms with Crippen LogP contribution in [0.2, 0.25) is 0 Å². The monoisotopic (exact) mass is 304 g/mol. The summed E-state index contributed by atoms with van der Waals surface area (Å²) in [6.45, 7) is 0.193. The Bertz CT molecular complexity index is 770. The number of halogens is 1. The van der Waals surface area contributed by atoms with Crippen LogP contribution in [0.15, 0.2) is 47.4 Å². The van der Waals surface area contributed by atoms with E-state index in [1.165, 1.54) is 16.7 Å². The van der Waals surface area contributed by atoms with Crippen molar-refractivity contribution in [2.24, 2.45) is 0 Å². The van der Waals surface area contributed by atoms with Gasteiger partial charge in [-0.3, -0.25) is 9.59 Å². The summed E-state index contributed by atoms with van der Waals surface area (Å²) >= 11 is 0. The second kappa shape index (κ2) is 6.66. The molecule has 2 N–H and O–H groups in total. The molecule has 2 aromatic rings. The molecule has 2 rings (SSSR count). The van der Waals surface area contributed by atoms with Crippen molar-refractivity contribution in [2.75, 3.05) is 5.32 Å². The average Bonchev–Trinajstić information content (AvgIpc) is 2.48. The molecular formula is C15H13FN2O4. The number of pyridine rings is 1. The van der Waals surface area contributed by atoms with Crippen molar-refractivity contribution in [2.45, 2.75) is 13.0 Å². The minimum atomic E-state index is -1.41. The lowest BCUT2D eigenvalue weighted by Gasteiger charge is -2.08. The Kier molecular flexibility index (Phi) is 4.67. The summed E-state index contributed by atoms with van der Waals surface area (Å²) in [4.78, 5) is 34.1. The predicted octanol–water partition coefficient (Wildman–Crippen LogP) is 1.71. The van der Waals surface area contributed by atoms with Gasteiger partial charge >= 0.3 is 5.97 Å². The van der Waals surface area contributed by atoms with Gasteiger partial charge in [-0.15, -0.1) is 0 Å². The Hall–Kier alpha value is -2.96. The molecule has 6 nitrogen and oxygen atoms in total. The van der Waals surface area contributed by atoms with Gasteiger partial charge in [-0.2, -0.15) is 0 Å². The molecule has 7 heteroatoms. The highest BCUT2D eigenvalue weighted by Crippen LogP contribution is 2.15. The van der Waals surface area contributed by atoms with Crippen LogP contribution in [0.3, 0.4) is 0 Å². The summed E-state index contributed by atoms with van der Waals surface area (Å²) in [5.41, 5.74) is -0.550. The maximum Gasteiger partial charge on any atom is 0.338 e. The van der Waals surface area contributed by atoms with Crippen molar-refractivity contribution in [3.8, 4) is 0 Å². The van der Waals surface area contributed by atoms with Gasteiger partial charge in [-0.1, -0.05) is 6.07 Å². The van der Waals surface area contributed by atoms with Gasteiger partial charge in [0.25, 0.3) is 5.56 Å². The maximum absolute atomic E-state index is 13.2. The van der Waals surface area contributed by atoms with Gasteiger partial charge < -0.3 is 15.0 Å². The zero-order valence-corrected chi connectivity index (χ0v) is 11.5. The molecule has 22 heavy (non-hydrogen) atoms. The van der Waals surface area contributed by atoms with E-state index in [4.69, 9.17) is 5.11 Å². The number of anilines is 1. The van der Waals surface area contributed by atoms with E-state index in [1.807, 2.05) is 0 Å². The first-order valence-corrected chi connectivity index (χ1v) is 6.45. The summed E-state index contributed by atoms with van der Waals surface area (Å²) in [7, 11) is 0. The number of nitrogens with one attached hydrogen (secondary N) is 1. The Labute approximate surface area is 124 Å². The number of rotatable bonds is 5. The number of carbonyl (C=O) groups is 2. The fourth-order valence-corrected chi connectivity index (χ4v) is 1.86. The third-order valence-corrected chi connectivity index (χ3v) is 2.96. The second-order valence-electron chi connectivity index (χ2n) is 4.53. The number of carboxylic acids is 1. The van der Waals surface area contributed by atoms with Crippen LogP contribution in [0.25, 0.3) is 0 Å². The molecule has 0 atom stereocenters. The largest absolute Gasteiger partial charge is 0.478 e. The summed E-state index contributed by atoms with van der Waals surface area (Å²) in [5, 5.41) is 11.3. The minimum Gasteiger partial charge on any atom is -0.478 e. The van der Waals surface area contributed by atoms with Crippen molar-refractivity contribution in [3.05, 3.63) is 64.3 Å². The number of aryl methyl sites for hydroxylation is 1. The number of nitrogens with zero attached hydrogens (tertiary/aromatic N) is 1. The summed E-state index contributed by atoms with van der Waals surface area (Å²) in [6.07, 6.45) is 1.60. The van der Waals surface area contributed by atoms with Crippen LogP contribution in [0, 0.1) is 5.82 Å². The summed E-state index contributed by atoms with van der Waals surface area (Å²) < 4.78 is 14.6. The first kappa shape index (κ1) is 15.4. The highest BCUT2D eigenvalue weighted by atomic mass is 19.1. The van der Waals surface area contributed by atoms with Crippen LogP contribution in [-0.4, -0.2) is 21.6 Å². The molecule has 0 saturated carbocycles. The zero-order valence-electron chi connectivity index (χ0n) is 11.5. The Morgan fingerprint density at radius 1 is 1.23 bits per heavy atom. The van der Waals surface area contributed by atoms with E-state index in [0.29, 0.717) is 0 Å². The van der Waals surface area contributed by atoms with E-state index in [0.717, 1.165) is 12.1 Å². The van der Waals surface area contributed by atoms with Crippen molar-refractivity contribution in [3.63, 3.8) is 0 Å². The molecule has 0 aliphatic carbocycles. The van der Waals surface area contributed by atoms with Gasteiger partial charge in [0, 0.05) is 30.9 Å². The number of hydrogen-bond donors (Lipinski definition) is 2.